The molecule has 3 nitrogen and oxygen atoms in total. The van der Waals surface area contributed by atoms with Crippen molar-refractivity contribution in [1.29, 1.82) is 0 Å². The van der Waals surface area contributed by atoms with Gasteiger partial charge in [-0.3, -0.25) is 0 Å². The third-order valence-electron chi connectivity index (χ3n) is 2.30. The van der Waals surface area contributed by atoms with E-state index in [0.717, 1.165) is 11.1 Å². The molecule has 0 bridgehead atoms. The molecule has 0 saturated carbocycles. The number of hydrogen-bond donors (Lipinski definition) is 0. The van der Waals surface area contributed by atoms with Crippen molar-refractivity contribution in [3.05, 3.63) is 29.3 Å². The zero-order valence-electron chi connectivity index (χ0n) is 10.2. The van der Waals surface area contributed by atoms with Crippen LogP contribution in [-0.4, -0.2) is 18.7 Å². The lowest BCUT2D eigenvalue weighted by Crippen LogP contribution is -2.26. The first-order valence-electron chi connectivity index (χ1n) is 5.45. The minimum atomic E-state index is -0.523. The van der Waals surface area contributed by atoms with Crippen LogP contribution in [0.2, 0.25) is 0 Å². The Balaban J connectivity index is 2.72. The van der Waals surface area contributed by atoms with Gasteiger partial charge in [-0.15, -0.1) is 0 Å². The SMILES string of the molecule is CCOC(C)C(=O)Oc1cc(C)ccc1C. The number of benzene rings is 1. The van der Waals surface area contributed by atoms with Gasteiger partial charge in [-0.2, -0.15) is 0 Å². The Morgan fingerprint density at radius 3 is 2.69 bits per heavy atom. The summed E-state index contributed by atoms with van der Waals surface area (Å²) in [6.07, 6.45) is -0.523. The van der Waals surface area contributed by atoms with Crippen molar-refractivity contribution < 1.29 is 14.3 Å². The molecule has 0 aromatic heterocycles. The molecule has 0 amide bonds. The van der Waals surface area contributed by atoms with Gasteiger partial charge in [-0.1, -0.05) is 12.1 Å². The van der Waals surface area contributed by atoms with E-state index in [4.69, 9.17) is 9.47 Å². The van der Waals surface area contributed by atoms with Crippen molar-refractivity contribution >= 4 is 5.97 Å². The Morgan fingerprint density at radius 2 is 2.06 bits per heavy atom. The molecule has 3 heteroatoms. The molecule has 0 N–H and O–H groups in total. The smallest absolute Gasteiger partial charge is 0.340 e. The summed E-state index contributed by atoms with van der Waals surface area (Å²) in [5, 5.41) is 0. The maximum atomic E-state index is 11.6. The van der Waals surface area contributed by atoms with E-state index in [1.165, 1.54) is 0 Å². The molecule has 0 aliphatic heterocycles. The second-order valence-electron chi connectivity index (χ2n) is 3.79. The molecule has 0 aliphatic rings. The average Bonchev–Trinajstić information content (AvgIpc) is 2.23. The summed E-state index contributed by atoms with van der Waals surface area (Å²) in [5.74, 6) is 0.257. The quantitative estimate of drug-likeness (QED) is 0.580. The van der Waals surface area contributed by atoms with E-state index in [2.05, 4.69) is 0 Å². The predicted molar refractivity (Wildman–Crippen MR) is 62.6 cm³/mol. The van der Waals surface area contributed by atoms with Crippen molar-refractivity contribution in [1.82, 2.24) is 0 Å². The van der Waals surface area contributed by atoms with E-state index in [-0.39, 0.29) is 5.97 Å². The number of esters is 1. The lowest BCUT2D eigenvalue weighted by Gasteiger charge is -2.12. The van der Waals surface area contributed by atoms with Crippen LogP contribution >= 0.6 is 0 Å². The van der Waals surface area contributed by atoms with E-state index in [1.54, 1.807) is 6.92 Å². The van der Waals surface area contributed by atoms with Crippen molar-refractivity contribution in [2.24, 2.45) is 0 Å². The standard InChI is InChI=1S/C13H18O3/c1-5-15-11(4)13(14)16-12-8-9(2)6-7-10(12)3/h6-8,11H,5H2,1-4H3. The van der Waals surface area contributed by atoms with E-state index in [0.29, 0.717) is 12.4 Å². The lowest BCUT2D eigenvalue weighted by atomic mass is 10.1. The maximum absolute atomic E-state index is 11.6. The van der Waals surface area contributed by atoms with Crippen molar-refractivity contribution in [2.75, 3.05) is 6.61 Å². The van der Waals surface area contributed by atoms with Crippen LogP contribution in [0.4, 0.5) is 0 Å². The monoisotopic (exact) mass is 222 g/mol. The van der Waals surface area contributed by atoms with Crippen LogP contribution in [0.1, 0.15) is 25.0 Å². The first-order chi connectivity index (χ1) is 7.54. The van der Waals surface area contributed by atoms with Gasteiger partial charge >= 0.3 is 5.97 Å². The van der Waals surface area contributed by atoms with Gasteiger partial charge in [0.15, 0.2) is 6.10 Å². The zero-order chi connectivity index (χ0) is 12.1. The highest BCUT2D eigenvalue weighted by Crippen LogP contribution is 2.19. The molecule has 1 rings (SSSR count). The third-order valence-corrected chi connectivity index (χ3v) is 2.30. The number of carbonyl (C=O) groups is 1. The van der Waals surface area contributed by atoms with Crippen molar-refractivity contribution in [3.8, 4) is 5.75 Å². The number of ether oxygens (including phenoxy) is 2. The number of rotatable bonds is 4. The van der Waals surface area contributed by atoms with Gasteiger partial charge in [0.25, 0.3) is 0 Å². The third kappa shape index (κ3) is 3.35. The topological polar surface area (TPSA) is 35.5 Å². The minimum Gasteiger partial charge on any atom is -0.424 e. The average molecular weight is 222 g/mol. The van der Waals surface area contributed by atoms with Crippen LogP contribution in [0.3, 0.4) is 0 Å². The number of aryl methyl sites for hydroxylation is 2. The second-order valence-corrected chi connectivity index (χ2v) is 3.79. The molecule has 1 atom stereocenters. The Bertz CT molecular complexity index is 371. The Hall–Kier alpha value is -1.35. The molecule has 1 unspecified atom stereocenters. The molecule has 0 aliphatic carbocycles. The normalized spacial score (nSPS) is 12.2. The van der Waals surface area contributed by atoms with Crippen molar-refractivity contribution in [2.45, 2.75) is 33.8 Å². The molecule has 88 valence electrons. The molecule has 1 aromatic rings. The fraction of sp³-hybridized carbons (Fsp3) is 0.462. The molecule has 0 heterocycles. The summed E-state index contributed by atoms with van der Waals surface area (Å²) < 4.78 is 10.4. The molecular weight excluding hydrogens is 204 g/mol. The fourth-order valence-electron chi connectivity index (χ4n) is 1.33. The summed E-state index contributed by atoms with van der Waals surface area (Å²) in [7, 11) is 0. The van der Waals surface area contributed by atoms with Gasteiger partial charge in [0.2, 0.25) is 0 Å². The van der Waals surface area contributed by atoms with Gasteiger partial charge in [0.1, 0.15) is 5.75 Å². The highest BCUT2D eigenvalue weighted by Gasteiger charge is 2.16. The summed E-state index contributed by atoms with van der Waals surface area (Å²) in [5.41, 5.74) is 2.01. The summed E-state index contributed by atoms with van der Waals surface area (Å²) in [6.45, 7) is 7.91. The predicted octanol–water partition coefficient (Wildman–Crippen LogP) is 2.63. The van der Waals surface area contributed by atoms with Crippen LogP contribution < -0.4 is 4.74 Å². The highest BCUT2D eigenvalue weighted by atomic mass is 16.6. The summed E-state index contributed by atoms with van der Waals surface area (Å²) in [4.78, 5) is 11.6. The Labute approximate surface area is 96.4 Å². The summed E-state index contributed by atoms with van der Waals surface area (Å²) >= 11 is 0. The molecule has 0 saturated heterocycles. The van der Waals surface area contributed by atoms with Gasteiger partial charge in [-0.25, -0.2) is 4.79 Å². The number of carbonyl (C=O) groups excluding carboxylic acids is 1. The maximum Gasteiger partial charge on any atom is 0.340 e. The Morgan fingerprint density at radius 1 is 1.38 bits per heavy atom. The van der Waals surface area contributed by atoms with Crippen LogP contribution in [-0.2, 0) is 9.53 Å². The van der Waals surface area contributed by atoms with E-state index in [9.17, 15) is 4.79 Å². The van der Waals surface area contributed by atoms with E-state index < -0.39 is 6.10 Å². The van der Waals surface area contributed by atoms with Gasteiger partial charge in [-0.05, 0) is 44.9 Å². The molecule has 1 aromatic carbocycles. The zero-order valence-corrected chi connectivity index (χ0v) is 10.2. The highest BCUT2D eigenvalue weighted by molar-refractivity contribution is 5.77. The molecule has 16 heavy (non-hydrogen) atoms. The fourth-order valence-corrected chi connectivity index (χ4v) is 1.33. The van der Waals surface area contributed by atoms with E-state index in [1.807, 2.05) is 39.0 Å². The first-order valence-corrected chi connectivity index (χ1v) is 5.45. The first kappa shape index (κ1) is 12.7. The molecule has 0 spiro atoms. The minimum absolute atomic E-state index is 0.351. The van der Waals surface area contributed by atoms with Crippen LogP contribution in [0.5, 0.6) is 5.75 Å². The van der Waals surface area contributed by atoms with E-state index >= 15 is 0 Å². The summed E-state index contributed by atoms with van der Waals surface area (Å²) in [6, 6.07) is 5.77. The van der Waals surface area contributed by atoms with Gasteiger partial charge in [0.05, 0.1) is 0 Å². The lowest BCUT2D eigenvalue weighted by molar-refractivity contribution is -0.145. The second kappa shape index (κ2) is 5.66. The Kier molecular flexibility index (Phi) is 4.50. The number of hydrogen-bond acceptors (Lipinski definition) is 3. The van der Waals surface area contributed by atoms with Crippen LogP contribution in [0.25, 0.3) is 0 Å². The van der Waals surface area contributed by atoms with Gasteiger partial charge in [0, 0.05) is 6.61 Å². The van der Waals surface area contributed by atoms with Crippen LogP contribution in [0, 0.1) is 13.8 Å². The molecular formula is C13H18O3. The molecule has 0 fully saturated rings. The van der Waals surface area contributed by atoms with Crippen molar-refractivity contribution in [3.63, 3.8) is 0 Å². The molecule has 0 radical (unpaired) electrons. The largest absolute Gasteiger partial charge is 0.424 e. The van der Waals surface area contributed by atoms with Gasteiger partial charge < -0.3 is 9.47 Å². The van der Waals surface area contributed by atoms with Crippen LogP contribution in [0.15, 0.2) is 18.2 Å².